The summed E-state index contributed by atoms with van der Waals surface area (Å²) in [6.45, 7) is 0.497. The van der Waals surface area contributed by atoms with Crippen molar-refractivity contribution in [3.63, 3.8) is 0 Å². The Bertz CT molecular complexity index is 1050. The van der Waals surface area contributed by atoms with Crippen LogP contribution in [0, 0.1) is 5.92 Å². The number of carbonyl (C=O) groups excluding carboxylic acids is 2. The second-order valence-corrected chi connectivity index (χ2v) is 6.92. The molecular formula is C19H18ClN5O3. The molecule has 3 heterocycles. The van der Waals surface area contributed by atoms with E-state index in [1.165, 1.54) is 7.11 Å². The van der Waals surface area contributed by atoms with Crippen molar-refractivity contribution in [2.75, 3.05) is 18.6 Å². The predicted molar refractivity (Wildman–Crippen MR) is 103 cm³/mol. The molecule has 1 aliphatic rings. The molecule has 2 amide bonds. The fourth-order valence-corrected chi connectivity index (χ4v) is 3.48. The lowest BCUT2D eigenvalue weighted by Crippen LogP contribution is -2.33. The number of hydrogen-bond acceptors (Lipinski definition) is 5. The molecular weight excluding hydrogens is 382 g/mol. The first-order valence-corrected chi connectivity index (χ1v) is 9.15. The number of ether oxygens (including phenoxy) is 1. The van der Waals surface area contributed by atoms with E-state index in [2.05, 4.69) is 15.5 Å². The fraction of sp³-hybridized carbons (Fsp3) is 0.263. The minimum Gasteiger partial charge on any atom is -0.495 e. The van der Waals surface area contributed by atoms with E-state index in [9.17, 15) is 9.59 Å². The summed E-state index contributed by atoms with van der Waals surface area (Å²) >= 11 is 6.07. The lowest BCUT2D eigenvalue weighted by Gasteiger charge is -2.19. The molecule has 3 aromatic rings. The van der Waals surface area contributed by atoms with E-state index in [0.29, 0.717) is 27.9 Å². The maximum Gasteiger partial charge on any atom is 0.227 e. The largest absolute Gasteiger partial charge is 0.495 e. The molecule has 1 aromatic carbocycles. The van der Waals surface area contributed by atoms with Gasteiger partial charge in [-0.05, 0) is 30.3 Å². The molecule has 0 unspecified atom stereocenters. The van der Waals surface area contributed by atoms with Gasteiger partial charge >= 0.3 is 0 Å². The Morgan fingerprint density at radius 3 is 3.00 bits per heavy atom. The van der Waals surface area contributed by atoms with Crippen molar-refractivity contribution >= 4 is 34.7 Å². The Morgan fingerprint density at radius 2 is 2.18 bits per heavy atom. The SMILES string of the molecule is COc1ccc(Cl)cc1N1C[C@H](C(=O)NCc2nnc3ccccn23)CC1=O. The lowest BCUT2D eigenvalue weighted by molar-refractivity contribution is -0.126. The third-order valence-corrected chi connectivity index (χ3v) is 4.97. The Kier molecular flexibility index (Phi) is 4.87. The fourth-order valence-electron chi connectivity index (χ4n) is 3.31. The van der Waals surface area contributed by atoms with Crippen molar-refractivity contribution in [2.45, 2.75) is 13.0 Å². The van der Waals surface area contributed by atoms with Crippen LogP contribution in [0.1, 0.15) is 12.2 Å². The smallest absolute Gasteiger partial charge is 0.227 e. The molecule has 144 valence electrons. The number of halogens is 1. The molecule has 0 saturated carbocycles. The number of aromatic nitrogens is 3. The molecule has 9 heteroatoms. The van der Waals surface area contributed by atoms with Crippen LogP contribution in [0.4, 0.5) is 5.69 Å². The number of anilines is 1. The van der Waals surface area contributed by atoms with Crippen molar-refractivity contribution < 1.29 is 14.3 Å². The topological polar surface area (TPSA) is 88.8 Å². The zero-order chi connectivity index (χ0) is 19.7. The number of fused-ring (bicyclic) bond motifs is 1. The van der Waals surface area contributed by atoms with Crippen LogP contribution < -0.4 is 15.0 Å². The predicted octanol–water partition coefficient (Wildman–Crippen LogP) is 2.06. The lowest BCUT2D eigenvalue weighted by atomic mass is 10.1. The maximum absolute atomic E-state index is 12.6. The highest BCUT2D eigenvalue weighted by molar-refractivity contribution is 6.31. The third kappa shape index (κ3) is 3.38. The molecule has 1 saturated heterocycles. The molecule has 0 spiro atoms. The summed E-state index contributed by atoms with van der Waals surface area (Å²) in [5, 5.41) is 11.5. The van der Waals surface area contributed by atoms with Gasteiger partial charge in [0.25, 0.3) is 0 Å². The number of hydrogen-bond donors (Lipinski definition) is 1. The van der Waals surface area contributed by atoms with Gasteiger partial charge in [0.15, 0.2) is 11.5 Å². The Balaban J connectivity index is 1.45. The number of methoxy groups -OCH3 is 1. The summed E-state index contributed by atoms with van der Waals surface area (Å²) in [6, 6.07) is 10.6. The second-order valence-electron chi connectivity index (χ2n) is 6.48. The number of benzene rings is 1. The monoisotopic (exact) mass is 399 g/mol. The van der Waals surface area contributed by atoms with Crippen molar-refractivity contribution in [1.29, 1.82) is 0 Å². The molecule has 2 aromatic heterocycles. The number of pyridine rings is 1. The zero-order valence-corrected chi connectivity index (χ0v) is 15.9. The van der Waals surface area contributed by atoms with Gasteiger partial charge in [0.05, 0.1) is 25.3 Å². The molecule has 8 nitrogen and oxygen atoms in total. The Hall–Kier alpha value is -3.13. The molecule has 4 rings (SSSR count). The molecule has 0 bridgehead atoms. The average Bonchev–Trinajstić information content (AvgIpc) is 3.29. The number of nitrogens with zero attached hydrogens (tertiary/aromatic N) is 4. The van der Waals surface area contributed by atoms with Crippen molar-refractivity contribution in [3.05, 3.63) is 53.4 Å². The summed E-state index contributed by atoms with van der Waals surface area (Å²) < 4.78 is 7.13. The van der Waals surface area contributed by atoms with Crippen molar-refractivity contribution in [3.8, 4) is 5.75 Å². The van der Waals surface area contributed by atoms with Gasteiger partial charge in [-0.2, -0.15) is 0 Å². The van der Waals surface area contributed by atoms with E-state index in [1.807, 2.05) is 28.8 Å². The Labute approximate surface area is 166 Å². The molecule has 0 aliphatic carbocycles. The van der Waals surface area contributed by atoms with E-state index >= 15 is 0 Å². The van der Waals surface area contributed by atoms with Gasteiger partial charge in [-0.1, -0.05) is 17.7 Å². The number of amides is 2. The van der Waals surface area contributed by atoms with Crippen molar-refractivity contribution in [1.82, 2.24) is 19.9 Å². The van der Waals surface area contributed by atoms with E-state index in [0.717, 1.165) is 0 Å². The number of carbonyl (C=O) groups is 2. The molecule has 1 aliphatic heterocycles. The van der Waals surface area contributed by atoms with Gasteiger partial charge in [-0.3, -0.25) is 14.0 Å². The van der Waals surface area contributed by atoms with Crippen LogP contribution in [0.15, 0.2) is 42.6 Å². The van der Waals surface area contributed by atoms with E-state index in [4.69, 9.17) is 16.3 Å². The summed E-state index contributed by atoms with van der Waals surface area (Å²) in [5.41, 5.74) is 1.28. The van der Waals surface area contributed by atoms with Crippen LogP contribution >= 0.6 is 11.6 Å². The van der Waals surface area contributed by atoms with Gasteiger partial charge in [0.2, 0.25) is 11.8 Å². The summed E-state index contributed by atoms with van der Waals surface area (Å²) in [7, 11) is 1.53. The minimum atomic E-state index is -0.463. The maximum atomic E-state index is 12.6. The van der Waals surface area contributed by atoms with Gasteiger partial charge in [0, 0.05) is 24.2 Å². The molecule has 1 N–H and O–H groups in total. The summed E-state index contributed by atoms with van der Waals surface area (Å²) in [5.74, 6) is 0.351. The number of nitrogens with one attached hydrogen (secondary N) is 1. The first kappa shape index (κ1) is 18.2. The highest BCUT2D eigenvalue weighted by Crippen LogP contribution is 2.35. The highest BCUT2D eigenvalue weighted by atomic mass is 35.5. The first-order chi connectivity index (χ1) is 13.6. The van der Waals surface area contributed by atoms with E-state index in [1.54, 1.807) is 23.1 Å². The van der Waals surface area contributed by atoms with Gasteiger partial charge in [-0.15, -0.1) is 10.2 Å². The van der Waals surface area contributed by atoms with Crippen LogP contribution in [0.25, 0.3) is 5.65 Å². The summed E-state index contributed by atoms with van der Waals surface area (Å²) in [6.07, 6.45) is 1.96. The van der Waals surface area contributed by atoms with Gasteiger partial charge < -0.3 is 15.0 Å². The van der Waals surface area contributed by atoms with E-state index < -0.39 is 5.92 Å². The van der Waals surface area contributed by atoms with E-state index in [-0.39, 0.29) is 31.3 Å². The minimum absolute atomic E-state index is 0.127. The van der Waals surface area contributed by atoms with Gasteiger partial charge in [0.1, 0.15) is 5.75 Å². The number of rotatable bonds is 5. The molecule has 28 heavy (non-hydrogen) atoms. The van der Waals surface area contributed by atoms with Crippen LogP contribution in [0.3, 0.4) is 0 Å². The van der Waals surface area contributed by atoms with Crippen LogP contribution in [0.2, 0.25) is 5.02 Å². The third-order valence-electron chi connectivity index (χ3n) is 4.73. The molecule has 1 atom stereocenters. The van der Waals surface area contributed by atoms with Crippen molar-refractivity contribution in [2.24, 2.45) is 5.92 Å². The summed E-state index contributed by atoms with van der Waals surface area (Å²) in [4.78, 5) is 26.7. The second kappa shape index (κ2) is 7.47. The molecule has 1 fully saturated rings. The highest BCUT2D eigenvalue weighted by Gasteiger charge is 2.36. The standard InChI is InChI=1S/C19H18ClN5O3/c1-28-15-6-5-13(20)9-14(15)25-11-12(8-18(25)26)19(27)21-10-17-23-22-16-4-2-3-7-24(16)17/h2-7,9,12H,8,10-11H2,1H3,(H,21,27)/t12-/m1/s1. The Morgan fingerprint density at radius 1 is 1.32 bits per heavy atom. The van der Waals surface area contributed by atoms with Crippen LogP contribution in [-0.2, 0) is 16.1 Å². The zero-order valence-electron chi connectivity index (χ0n) is 15.1. The normalized spacial score (nSPS) is 16.6. The first-order valence-electron chi connectivity index (χ1n) is 8.77. The van der Waals surface area contributed by atoms with Gasteiger partial charge in [-0.25, -0.2) is 0 Å². The molecule has 0 radical (unpaired) electrons. The quantitative estimate of drug-likeness (QED) is 0.709. The van der Waals surface area contributed by atoms with Crippen LogP contribution in [-0.4, -0.2) is 40.1 Å². The average molecular weight is 400 g/mol. The van der Waals surface area contributed by atoms with Crippen LogP contribution in [0.5, 0.6) is 5.75 Å².